The summed E-state index contributed by atoms with van der Waals surface area (Å²) in [6.07, 6.45) is -0.445. The first-order valence-corrected chi connectivity index (χ1v) is 9.67. The molecule has 26 heavy (non-hydrogen) atoms. The van der Waals surface area contributed by atoms with Crippen molar-refractivity contribution in [2.75, 3.05) is 15.8 Å². The van der Waals surface area contributed by atoms with Gasteiger partial charge in [-0.05, 0) is 25.1 Å². The summed E-state index contributed by atoms with van der Waals surface area (Å²) in [4.78, 5) is 24.8. The van der Waals surface area contributed by atoms with Crippen LogP contribution in [-0.2, 0) is 20.4 Å². The molecule has 0 aromatic heterocycles. The Morgan fingerprint density at radius 3 is 2.65 bits per heavy atom. The van der Waals surface area contributed by atoms with E-state index in [9.17, 15) is 23.1 Å². The SMILES string of the molecule is CCS(=O)(=O)Nc1cccc(C(=O)C[C@@]2(O)C(=O)Nc3ccccc32)c1. The summed E-state index contributed by atoms with van der Waals surface area (Å²) in [6, 6.07) is 12.6. The highest BCUT2D eigenvalue weighted by atomic mass is 32.2. The molecule has 1 aliphatic rings. The molecule has 3 rings (SSSR count). The molecule has 2 aromatic rings. The Hall–Kier alpha value is -2.71. The fourth-order valence-corrected chi connectivity index (χ4v) is 3.45. The van der Waals surface area contributed by atoms with Crippen LogP contribution in [0.5, 0.6) is 0 Å². The van der Waals surface area contributed by atoms with Gasteiger partial charge in [0.2, 0.25) is 10.0 Å². The second-order valence-corrected chi connectivity index (χ2v) is 8.06. The van der Waals surface area contributed by atoms with Gasteiger partial charge in [0, 0.05) is 22.5 Å². The molecule has 0 spiro atoms. The van der Waals surface area contributed by atoms with Crippen LogP contribution in [0.4, 0.5) is 11.4 Å². The summed E-state index contributed by atoms with van der Waals surface area (Å²) < 4.78 is 25.7. The number of Topliss-reactive ketones (excluding diaryl/α,β-unsaturated/α-hetero) is 1. The van der Waals surface area contributed by atoms with Crippen LogP contribution in [0.25, 0.3) is 0 Å². The number of carbonyl (C=O) groups excluding carboxylic acids is 2. The molecule has 0 fully saturated rings. The van der Waals surface area contributed by atoms with E-state index in [4.69, 9.17) is 0 Å². The molecule has 0 radical (unpaired) electrons. The first-order valence-electron chi connectivity index (χ1n) is 8.02. The number of hydrogen-bond acceptors (Lipinski definition) is 5. The first kappa shape index (κ1) is 18.1. The number of carbonyl (C=O) groups is 2. The van der Waals surface area contributed by atoms with E-state index in [1.165, 1.54) is 31.2 Å². The molecule has 1 amide bonds. The van der Waals surface area contributed by atoms with E-state index in [1.54, 1.807) is 24.3 Å². The first-order chi connectivity index (χ1) is 12.2. The molecule has 7 nitrogen and oxygen atoms in total. The molecule has 1 heterocycles. The number of aliphatic hydroxyl groups is 1. The van der Waals surface area contributed by atoms with Crippen molar-refractivity contribution >= 4 is 33.1 Å². The number of fused-ring (bicyclic) bond motifs is 1. The Bertz CT molecular complexity index is 987. The molecule has 1 atom stereocenters. The second-order valence-electron chi connectivity index (χ2n) is 6.05. The number of benzene rings is 2. The van der Waals surface area contributed by atoms with Gasteiger partial charge in [0.25, 0.3) is 5.91 Å². The van der Waals surface area contributed by atoms with E-state index in [-0.39, 0.29) is 17.0 Å². The smallest absolute Gasteiger partial charge is 0.261 e. The lowest BCUT2D eigenvalue weighted by atomic mass is 9.88. The monoisotopic (exact) mass is 374 g/mol. The number of sulfonamides is 1. The number of amides is 1. The third kappa shape index (κ3) is 3.33. The summed E-state index contributed by atoms with van der Waals surface area (Å²) in [6.45, 7) is 1.50. The zero-order chi connectivity index (χ0) is 18.9. The van der Waals surface area contributed by atoms with E-state index < -0.39 is 33.7 Å². The number of nitrogens with one attached hydrogen (secondary N) is 2. The van der Waals surface area contributed by atoms with Gasteiger partial charge in [0.1, 0.15) is 0 Å². The van der Waals surface area contributed by atoms with Crippen LogP contribution in [0.15, 0.2) is 48.5 Å². The van der Waals surface area contributed by atoms with Crippen LogP contribution in [0.3, 0.4) is 0 Å². The Morgan fingerprint density at radius 1 is 1.19 bits per heavy atom. The van der Waals surface area contributed by atoms with E-state index in [0.717, 1.165) is 0 Å². The maximum atomic E-state index is 12.6. The van der Waals surface area contributed by atoms with Gasteiger partial charge in [0.05, 0.1) is 12.2 Å². The molecule has 8 heteroatoms. The Kier molecular flexibility index (Phi) is 4.55. The predicted octanol–water partition coefficient (Wildman–Crippen LogP) is 1.86. The molecule has 0 bridgehead atoms. The third-order valence-corrected chi connectivity index (χ3v) is 5.56. The van der Waals surface area contributed by atoms with Crippen molar-refractivity contribution in [3.8, 4) is 0 Å². The van der Waals surface area contributed by atoms with Gasteiger partial charge in [-0.25, -0.2) is 8.42 Å². The van der Waals surface area contributed by atoms with Gasteiger partial charge in [-0.2, -0.15) is 0 Å². The molecule has 0 saturated heterocycles. The van der Waals surface area contributed by atoms with Crippen molar-refractivity contribution in [2.24, 2.45) is 0 Å². The fraction of sp³-hybridized carbons (Fsp3) is 0.222. The Morgan fingerprint density at radius 2 is 1.92 bits per heavy atom. The number of hydrogen-bond donors (Lipinski definition) is 3. The Balaban J connectivity index is 1.86. The maximum Gasteiger partial charge on any atom is 0.261 e. The standard InChI is InChI=1S/C18H18N2O5S/c1-2-26(24,25)20-13-7-5-6-12(10-13)16(21)11-18(23)14-8-3-4-9-15(14)19-17(18)22/h3-10,20,23H,2,11H2,1H3,(H,19,22)/t18-/m0/s1. The summed E-state index contributed by atoms with van der Waals surface area (Å²) in [5.41, 5.74) is -0.682. The minimum absolute atomic E-state index is 0.0954. The zero-order valence-electron chi connectivity index (χ0n) is 14.0. The van der Waals surface area contributed by atoms with E-state index in [0.29, 0.717) is 11.3 Å². The second kappa shape index (κ2) is 6.54. The molecule has 2 aromatic carbocycles. The maximum absolute atomic E-state index is 12.6. The summed E-state index contributed by atoms with van der Waals surface area (Å²) in [7, 11) is -3.47. The highest BCUT2D eigenvalue weighted by Gasteiger charge is 2.46. The number of para-hydroxylation sites is 1. The van der Waals surface area contributed by atoms with Crippen LogP contribution in [-0.4, -0.2) is 31.0 Å². The van der Waals surface area contributed by atoms with Crippen molar-refractivity contribution in [1.82, 2.24) is 0 Å². The van der Waals surface area contributed by atoms with Crippen LogP contribution < -0.4 is 10.0 Å². The minimum atomic E-state index is -3.47. The number of ketones is 1. The van der Waals surface area contributed by atoms with Gasteiger partial charge in [-0.15, -0.1) is 0 Å². The highest BCUT2D eigenvalue weighted by Crippen LogP contribution is 2.38. The average Bonchev–Trinajstić information content (AvgIpc) is 2.86. The summed E-state index contributed by atoms with van der Waals surface area (Å²) >= 11 is 0. The van der Waals surface area contributed by atoms with Gasteiger partial charge in [-0.3, -0.25) is 14.3 Å². The van der Waals surface area contributed by atoms with Crippen LogP contribution in [0.2, 0.25) is 0 Å². The fourth-order valence-electron chi connectivity index (χ4n) is 2.82. The van der Waals surface area contributed by atoms with Gasteiger partial charge in [0.15, 0.2) is 11.4 Å². The van der Waals surface area contributed by atoms with Crippen molar-refractivity contribution in [3.63, 3.8) is 0 Å². The van der Waals surface area contributed by atoms with Gasteiger partial charge < -0.3 is 10.4 Å². The predicted molar refractivity (Wildman–Crippen MR) is 97.4 cm³/mol. The van der Waals surface area contributed by atoms with Crippen LogP contribution >= 0.6 is 0 Å². The zero-order valence-corrected chi connectivity index (χ0v) is 14.8. The number of rotatable bonds is 6. The normalized spacial score (nSPS) is 18.9. The third-order valence-electron chi connectivity index (χ3n) is 4.25. The molecule has 136 valence electrons. The summed E-state index contributed by atoms with van der Waals surface area (Å²) in [5.74, 6) is -1.23. The van der Waals surface area contributed by atoms with Crippen molar-refractivity contribution in [1.29, 1.82) is 0 Å². The van der Waals surface area contributed by atoms with Crippen molar-refractivity contribution < 1.29 is 23.1 Å². The molecular formula is C18H18N2O5S. The van der Waals surface area contributed by atoms with Gasteiger partial charge in [-0.1, -0.05) is 30.3 Å². The number of anilines is 2. The minimum Gasteiger partial charge on any atom is -0.375 e. The molecular weight excluding hydrogens is 356 g/mol. The summed E-state index contributed by atoms with van der Waals surface area (Å²) in [5, 5.41) is 13.4. The molecule has 0 unspecified atom stereocenters. The van der Waals surface area contributed by atoms with Crippen LogP contribution in [0.1, 0.15) is 29.3 Å². The average molecular weight is 374 g/mol. The van der Waals surface area contributed by atoms with E-state index in [1.807, 2.05) is 0 Å². The lowest BCUT2D eigenvalue weighted by Gasteiger charge is -2.20. The Labute approximate surface area is 151 Å². The molecule has 3 N–H and O–H groups in total. The van der Waals surface area contributed by atoms with Crippen molar-refractivity contribution in [3.05, 3.63) is 59.7 Å². The molecule has 0 aliphatic carbocycles. The van der Waals surface area contributed by atoms with E-state index in [2.05, 4.69) is 10.0 Å². The lowest BCUT2D eigenvalue weighted by Crippen LogP contribution is -2.36. The largest absolute Gasteiger partial charge is 0.375 e. The van der Waals surface area contributed by atoms with Gasteiger partial charge >= 0.3 is 0 Å². The van der Waals surface area contributed by atoms with E-state index >= 15 is 0 Å². The molecule has 1 aliphatic heterocycles. The topological polar surface area (TPSA) is 113 Å². The highest BCUT2D eigenvalue weighted by molar-refractivity contribution is 7.92. The lowest BCUT2D eigenvalue weighted by molar-refractivity contribution is -0.133. The van der Waals surface area contributed by atoms with Crippen LogP contribution in [0, 0.1) is 0 Å². The quantitative estimate of drug-likeness (QED) is 0.668. The molecule has 0 saturated carbocycles. The van der Waals surface area contributed by atoms with Crippen molar-refractivity contribution in [2.45, 2.75) is 18.9 Å².